The number of para-hydroxylation sites is 1. The second-order valence-electron chi connectivity index (χ2n) is 5.12. The van der Waals surface area contributed by atoms with E-state index in [0.29, 0.717) is 0 Å². The predicted molar refractivity (Wildman–Crippen MR) is 88.5 cm³/mol. The highest BCUT2D eigenvalue weighted by Gasteiger charge is 2.10. The quantitative estimate of drug-likeness (QED) is 0.770. The zero-order valence-electron chi connectivity index (χ0n) is 12.3. The predicted octanol–water partition coefficient (Wildman–Crippen LogP) is 4.10. The molecule has 108 valence electrons. The number of nitrogens with zero attached hydrogens (tertiary/aromatic N) is 2. The molecule has 0 spiro atoms. The molecule has 0 saturated heterocycles. The molecule has 2 aromatic heterocycles. The van der Waals surface area contributed by atoms with Gasteiger partial charge in [-0.25, -0.2) is 4.98 Å². The van der Waals surface area contributed by atoms with E-state index in [-0.39, 0.29) is 6.04 Å². The molecule has 0 saturated carbocycles. The zero-order valence-corrected chi connectivity index (χ0v) is 13.2. The summed E-state index contributed by atoms with van der Waals surface area (Å²) in [6, 6.07) is 12.7. The van der Waals surface area contributed by atoms with Crippen LogP contribution in [0, 0.1) is 0 Å². The largest absolute Gasteiger partial charge is 0.302 e. The van der Waals surface area contributed by atoms with Crippen LogP contribution in [0.25, 0.3) is 10.9 Å². The van der Waals surface area contributed by atoms with Gasteiger partial charge < -0.3 is 5.32 Å². The molecule has 4 heteroatoms. The van der Waals surface area contributed by atoms with Crippen molar-refractivity contribution in [3.05, 3.63) is 58.2 Å². The van der Waals surface area contributed by atoms with Crippen LogP contribution in [0.5, 0.6) is 0 Å². The molecule has 0 aliphatic carbocycles. The van der Waals surface area contributed by atoms with Crippen molar-refractivity contribution in [2.45, 2.75) is 32.9 Å². The Morgan fingerprint density at radius 1 is 1.19 bits per heavy atom. The average molecular weight is 297 g/mol. The fourth-order valence-corrected chi connectivity index (χ4v) is 3.12. The fourth-order valence-electron chi connectivity index (χ4n) is 2.24. The number of hydrogen-bond donors (Lipinski definition) is 1. The van der Waals surface area contributed by atoms with Gasteiger partial charge in [0.2, 0.25) is 0 Å². The van der Waals surface area contributed by atoms with Crippen LogP contribution in [0.4, 0.5) is 0 Å². The summed E-state index contributed by atoms with van der Waals surface area (Å²) in [6.45, 7) is 5.07. The lowest BCUT2D eigenvalue weighted by atomic mass is 10.2. The molecule has 2 heterocycles. The first-order valence-electron chi connectivity index (χ1n) is 7.29. The average Bonchev–Trinajstić information content (AvgIpc) is 3.01. The van der Waals surface area contributed by atoms with Crippen molar-refractivity contribution < 1.29 is 0 Å². The van der Waals surface area contributed by atoms with Gasteiger partial charge in [0.25, 0.3) is 0 Å². The Bertz CT molecular complexity index is 735. The van der Waals surface area contributed by atoms with Gasteiger partial charge in [0.15, 0.2) is 0 Å². The van der Waals surface area contributed by atoms with Crippen molar-refractivity contribution in [2.24, 2.45) is 0 Å². The molecule has 1 unspecified atom stereocenters. The van der Waals surface area contributed by atoms with Crippen LogP contribution >= 0.6 is 11.3 Å². The molecule has 0 amide bonds. The summed E-state index contributed by atoms with van der Waals surface area (Å²) in [4.78, 5) is 10.5. The third-order valence-corrected chi connectivity index (χ3v) is 4.86. The van der Waals surface area contributed by atoms with Crippen molar-refractivity contribution in [1.29, 1.82) is 0 Å². The van der Waals surface area contributed by atoms with Crippen LogP contribution in [-0.4, -0.2) is 9.97 Å². The molecule has 1 N–H and O–H groups in total. The molecule has 21 heavy (non-hydrogen) atoms. The maximum absolute atomic E-state index is 4.68. The van der Waals surface area contributed by atoms with Crippen LogP contribution in [-0.2, 0) is 13.0 Å². The van der Waals surface area contributed by atoms with Crippen molar-refractivity contribution in [3.8, 4) is 0 Å². The number of pyridine rings is 1. The molecule has 0 radical (unpaired) electrons. The van der Waals surface area contributed by atoms with Crippen molar-refractivity contribution >= 4 is 22.2 Å². The molecule has 3 nitrogen and oxygen atoms in total. The van der Waals surface area contributed by atoms with Gasteiger partial charge in [-0.2, -0.15) is 0 Å². The minimum atomic E-state index is 0.253. The Kier molecular flexibility index (Phi) is 4.27. The molecule has 0 aliphatic heterocycles. The van der Waals surface area contributed by atoms with Crippen molar-refractivity contribution in [1.82, 2.24) is 15.3 Å². The number of rotatable bonds is 5. The van der Waals surface area contributed by atoms with Gasteiger partial charge in [-0.05, 0) is 25.5 Å². The fraction of sp³-hybridized carbons (Fsp3) is 0.294. The lowest BCUT2D eigenvalue weighted by Gasteiger charge is -2.11. The SMILES string of the molecule is CCc1cnc(C(C)NCc2ccc3ccccc3n2)s1. The Balaban J connectivity index is 1.68. The second kappa shape index (κ2) is 6.33. The van der Waals surface area contributed by atoms with Gasteiger partial charge >= 0.3 is 0 Å². The summed E-state index contributed by atoms with van der Waals surface area (Å²) in [7, 11) is 0. The first-order valence-corrected chi connectivity index (χ1v) is 8.10. The Labute approximate surface area is 129 Å². The topological polar surface area (TPSA) is 37.8 Å². The number of aryl methyl sites for hydroxylation is 1. The van der Waals surface area contributed by atoms with Crippen LogP contribution in [0.15, 0.2) is 42.6 Å². The van der Waals surface area contributed by atoms with Gasteiger partial charge in [-0.3, -0.25) is 4.98 Å². The highest BCUT2D eigenvalue weighted by atomic mass is 32.1. The minimum Gasteiger partial charge on any atom is -0.302 e. The number of hydrogen-bond acceptors (Lipinski definition) is 4. The molecular formula is C17H19N3S. The van der Waals surface area contributed by atoms with Gasteiger partial charge in [0.1, 0.15) is 5.01 Å². The molecule has 3 aromatic rings. The monoisotopic (exact) mass is 297 g/mol. The van der Waals surface area contributed by atoms with E-state index in [2.05, 4.69) is 53.4 Å². The molecule has 0 aliphatic rings. The number of thiazole rings is 1. The molecule has 1 aromatic carbocycles. The van der Waals surface area contributed by atoms with Gasteiger partial charge in [0.05, 0.1) is 17.3 Å². The number of benzene rings is 1. The van der Waals surface area contributed by atoms with E-state index in [4.69, 9.17) is 0 Å². The van der Waals surface area contributed by atoms with E-state index < -0.39 is 0 Å². The summed E-state index contributed by atoms with van der Waals surface area (Å²) < 4.78 is 0. The second-order valence-corrected chi connectivity index (χ2v) is 6.26. The number of fused-ring (bicyclic) bond motifs is 1. The maximum atomic E-state index is 4.68. The highest BCUT2D eigenvalue weighted by molar-refractivity contribution is 7.11. The van der Waals surface area contributed by atoms with E-state index in [1.807, 2.05) is 18.3 Å². The van der Waals surface area contributed by atoms with Crippen LogP contribution < -0.4 is 5.32 Å². The third-order valence-electron chi connectivity index (χ3n) is 3.54. The van der Waals surface area contributed by atoms with E-state index in [0.717, 1.165) is 29.2 Å². The van der Waals surface area contributed by atoms with Gasteiger partial charge in [-0.15, -0.1) is 11.3 Å². The molecule has 0 fully saturated rings. The smallest absolute Gasteiger partial charge is 0.109 e. The van der Waals surface area contributed by atoms with Crippen LogP contribution in [0.3, 0.4) is 0 Å². The Morgan fingerprint density at radius 2 is 2.05 bits per heavy atom. The van der Waals surface area contributed by atoms with E-state index in [1.54, 1.807) is 11.3 Å². The van der Waals surface area contributed by atoms with E-state index in [1.165, 1.54) is 10.3 Å². The first-order chi connectivity index (χ1) is 10.3. The molecular weight excluding hydrogens is 278 g/mol. The Morgan fingerprint density at radius 3 is 2.86 bits per heavy atom. The standard InChI is InChI=1S/C17H19N3S/c1-3-15-11-19-17(21-15)12(2)18-10-14-9-8-13-6-4-5-7-16(13)20-14/h4-9,11-12,18H,3,10H2,1-2H3. The summed E-state index contributed by atoms with van der Waals surface area (Å²) in [5.41, 5.74) is 2.11. The minimum absolute atomic E-state index is 0.253. The lowest BCUT2D eigenvalue weighted by Crippen LogP contribution is -2.18. The Hall–Kier alpha value is -1.78. The van der Waals surface area contributed by atoms with E-state index in [9.17, 15) is 0 Å². The van der Waals surface area contributed by atoms with Crippen LogP contribution in [0.2, 0.25) is 0 Å². The molecule has 3 rings (SSSR count). The zero-order chi connectivity index (χ0) is 14.7. The maximum Gasteiger partial charge on any atom is 0.109 e. The first kappa shape index (κ1) is 14.2. The summed E-state index contributed by atoms with van der Waals surface area (Å²) >= 11 is 1.78. The van der Waals surface area contributed by atoms with Crippen molar-refractivity contribution in [2.75, 3.05) is 0 Å². The lowest BCUT2D eigenvalue weighted by molar-refractivity contribution is 0.566. The number of nitrogens with one attached hydrogen (secondary N) is 1. The molecule has 0 bridgehead atoms. The summed E-state index contributed by atoms with van der Waals surface area (Å²) in [5.74, 6) is 0. The summed E-state index contributed by atoms with van der Waals surface area (Å²) in [5, 5.41) is 5.83. The number of aromatic nitrogens is 2. The van der Waals surface area contributed by atoms with E-state index >= 15 is 0 Å². The van der Waals surface area contributed by atoms with Crippen molar-refractivity contribution in [3.63, 3.8) is 0 Å². The normalized spacial score (nSPS) is 12.7. The van der Waals surface area contributed by atoms with Gasteiger partial charge in [0, 0.05) is 23.0 Å². The summed E-state index contributed by atoms with van der Waals surface area (Å²) in [6.07, 6.45) is 3.03. The highest BCUT2D eigenvalue weighted by Crippen LogP contribution is 2.20. The van der Waals surface area contributed by atoms with Crippen LogP contribution in [0.1, 0.15) is 35.5 Å². The third kappa shape index (κ3) is 3.28. The molecule has 1 atom stereocenters. The van der Waals surface area contributed by atoms with Gasteiger partial charge in [-0.1, -0.05) is 31.2 Å².